The lowest BCUT2D eigenvalue weighted by molar-refractivity contribution is -0.131. The first kappa shape index (κ1) is 21.1. The van der Waals surface area contributed by atoms with E-state index in [1.54, 1.807) is 6.07 Å². The van der Waals surface area contributed by atoms with Crippen molar-refractivity contribution in [2.45, 2.75) is 56.2 Å². The summed E-state index contributed by atoms with van der Waals surface area (Å²) in [7, 11) is -3.55. The number of thioether (sulfide) groups is 1. The molecule has 28 heavy (non-hydrogen) atoms. The summed E-state index contributed by atoms with van der Waals surface area (Å²) in [4.78, 5) is 19.0. The predicted molar refractivity (Wildman–Crippen MR) is 110 cm³/mol. The van der Waals surface area contributed by atoms with E-state index in [4.69, 9.17) is 4.42 Å². The number of piperidine rings is 1. The molecule has 7 nitrogen and oxygen atoms in total. The minimum atomic E-state index is -3.55. The zero-order valence-electron chi connectivity index (χ0n) is 16.6. The molecule has 9 heteroatoms. The fraction of sp³-hybridized carbons (Fsp3) is 0.579. The number of sulfonamides is 1. The van der Waals surface area contributed by atoms with Crippen LogP contribution in [-0.2, 0) is 14.8 Å². The Balaban J connectivity index is 1.73. The molecule has 0 spiro atoms. The molecule has 1 aliphatic heterocycles. The van der Waals surface area contributed by atoms with Crippen molar-refractivity contribution in [2.24, 2.45) is 0 Å². The summed E-state index contributed by atoms with van der Waals surface area (Å²) >= 11 is 1.25. The first-order valence-corrected chi connectivity index (χ1v) is 12.1. The van der Waals surface area contributed by atoms with Crippen LogP contribution in [0.1, 0.15) is 40.0 Å². The summed E-state index contributed by atoms with van der Waals surface area (Å²) in [6, 6.07) is 4.97. The highest BCUT2D eigenvalue weighted by Gasteiger charge is 2.25. The van der Waals surface area contributed by atoms with Crippen molar-refractivity contribution >= 4 is 38.8 Å². The third-order valence-corrected chi connectivity index (χ3v) is 7.98. The van der Waals surface area contributed by atoms with Gasteiger partial charge in [-0.2, -0.15) is 4.31 Å². The number of aromatic nitrogens is 1. The molecule has 0 radical (unpaired) electrons. The Morgan fingerprint density at radius 3 is 2.75 bits per heavy atom. The molecule has 1 aromatic carbocycles. The van der Waals surface area contributed by atoms with Crippen LogP contribution in [0.2, 0.25) is 0 Å². The largest absolute Gasteiger partial charge is 0.431 e. The molecule has 0 saturated carbocycles. The summed E-state index contributed by atoms with van der Waals surface area (Å²) in [5.41, 5.74) is 0.995. The molecule has 3 rings (SSSR count). The lowest BCUT2D eigenvalue weighted by Crippen LogP contribution is -2.42. The molecule has 0 bridgehead atoms. The number of carbonyl (C=O) groups excluding carboxylic acids is 1. The van der Waals surface area contributed by atoms with Crippen molar-refractivity contribution < 1.29 is 17.6 Å². The molecule has 0 aliphatic carbocycles. The van der Waals surface area contributed by atoms with E-state index in [2.05, 4.69) is 11.9 Å². The summed E-state index contributed by atoms with van der Waals surface area (Å²) in [6.45, 7) is 7.33. The first-order chi connectivity index (χ1) is 13.4. The van der Waals surface area contributed by atoms with Gasteiger partial charge in [0.15, 0.2) is 5.58 Å². The van der Waals surface area contributed by atoms with Crippen LogP contribution in [0.4, 0.5) is 0 Å². The van der Waals surface area contributed by atoms with Crippen LogP contribution in [0, 0.1) is 0 Å². The van der Waals surface area contributed by atoms with Crippen LogP contribution < -0.4 is 0 Å². The lowest BCUT2D eigenvalue weighted by atomic mass is 10.0. The van der Waals surface area contributed by atoms with Crippen molar-refractivity contribution in [1.29, 1.82) is 0 Å². The molecule has 154 valence electrons. The molecular weight excluding hydrogens is 398 g/mol. The zero-order chi connectivity index (χ0) is 20.3. The fourth-order valence-corrected chi connectivity index (χ4v) is 5.70. The van der Waals surface area contributed by atoms with Gasteiger partial charge in [-0.1, -0.05) is 25.6 Å². The van der Waals surface area contributed by atoms with Crippen molar-refractivity contribution in [2.75, 3.05) is 25.4 Å². The highest BCUT2D eigenvalue weighted by Crippen LogP contribution is 2.27. The molecule has 1 amide bonds. The Morgan fingerprint density at radius 2 is 2.07 bits per heavy atom. The highest BCUT2D eigenvalue weighted by atomic mass is 32.2. The van der Waals surface area contributed by atoms with E-state index in [1.807, 2.05) is 18.7 Å². The molecule has 0 N–H and O–H groups in total. The number of rotatable bonds is 7. The molecule has 1 atom stereocenters. The number of fused-ring (bicyclic) bond motifs is 1. The van der Waals surface area contributed by atoms with Gasteiger partial charge in [-0.3, -0.25) is 4.79 Å². The molecule has 1 fully saturated rings. The molecule has 0 unspecified atom stereocenters. The van der Waals surface area contributed by atoms with Gasteiger partial charge >= 0.3 is 0 Å². The number of benzene rings is 1. The minimum absolute atomic E-state index is 0.0873. The average molecular weight is 426 g/mol. The maximum Gasteiger partial charge on any atom is 0.257 e. The number of hydrogen-bond donors (Lipinski definition) is 0. The van der Waals surface area contributed by atoms with Gasteiger partial charge in [0.2, 0.25) is 15.9 Å². The standard InChI is InChI=1S/C19H27N3O4S2/c1-4-21(5-2)28(24,25)15-9-10-17-16(12-15)20-19(26-17)27-13-18(23)22-11-7-6-8-14(22)3/h9-10,12,14H,4-8,11,13H2,1-3H3/t14-/m1/s1. The lowest BCUT2D eigenvalue weighted by Gasteiger charge is -2.33. The van der Waals surface area contributed by atoms with Crippen LogP contribution in [0.15, 0.2) is 32.7 Å². The van der Waals surface area contributed by atoms with E-state index in [-0.39, 0.29) is 22.6 Å². The SMILES string of the molecule is CCN(CC)S(=O)(=O)c1ccc2oc(SCC(=O)N3CCCC[C@H]3C)nc2c1. The number of nitrogens with zero attached hydrogens (tertiary/aromatic N) is 3. The van der Waals surface area contributed by atoms with E-state index in [0.29, 0.717) is 29.4 Å². The van der Waals surface area contributed by atoms with E-state index >= 15 is 0 Å². The molecular formula is C19H27N3O4S2. The van der Waals surface area contributed by atoms with Gasteiger partial charge in [0, 0.05) is 25.7 Å². The molecule has 2 aromatic rings. The second kappa shape index (κ2) is 8.84. The maximum absolute atomic E-state index is 12.7. The third kappa shape index (κ3) is 4.36. The van der Waals surface area contributed by atoms with Crippen molar-refractivity contribution in [3.63, 3.8) is 0 Å². The van der Waals surface area contributed by atoms with Crippen molar-refractivity contribution in [1.82, 2.24) is 14.2 Å². The molecule has 1 aromatic heterocycles. The fourth-order valence-electron chi connectivity index (χ4n) is 3.50. The van der Waals surface area contributed by atoms with Crippen molar-refractivity contribution in [3.8, 4) is 0 Å². The summed E-state index contributed by atoms with van der Waals surface area (Å²) in [5, 5.41) is 0.380. The van der Waals surface area contributed by atoms with Crippen LogP contribution in [0.3, 0.4) is 0 Å². The molecule has 1 aliphatic rings. The summed E-state index contributed by atoms with van der Waals surface area (Å²) in [6.07, 6.45) is 3.26. The number of oxazole rings is 1. The predicted octanol–water partition coefficient (Wildman–Crippen LogP) is 3.35. The topological polar surface area (TPSA) is 83.7 Å². The van der Waals surface area contributed by atoms with Crippen LogP contribution in [-0.4, -0.2) is 59.9 Å². The number of carbonyl (C=O) groups is 1. The monoisotopic (exact) mass is 425 g/mol. The Kier molecular flexibility index (Phi) is 6.67. The van der Waals surface area contributed by atoms with E-state index in [1.165, 1.54) is 34.6 Å². The summed E-state index contributed by atoms with van der Waals surface area (Å²) < 4.78 is 32.4. The molecule has 1 saturated heterocycles. The van der Waals surface area contributed by atoms with E-state index < -0.39 is 10.0 Å². The van der Waals surface area contributed by atoms with Crippen LogP contribution in [0.25, 0.3) is 11.1 Å². The van der Waals surface area contributed by atoms with Gasteiger partial charge in [0.05, 0.1) is 10.6 Å². The summed E-state index contributed by atoms with van der Waals surface area (Å²) in [5.74, 6) is 0.353. The Hall–Kier alpha value is -1.58. The Bertz CT molecular complexity index is 938. The van der Waals surface area contributed by atoms with Gasteiger partial charge in [0.25, 0.3) is 5.22 Å². The van der Waals surface area contributed by atoms with Gasteiger partial charge in [-0.25, -0.2) is 13.4 Å². The van der Waals surface area contributed by atoms with E-state index in [9.17, 15) is 13.2 Å². The molecule has 2 heterocycles. The average Bonchev–Trinajstić information content (AvgIpc) is 3.09. The van der Waals surface area contributed by atoms with Crippen molar-refractivity contribution in [3.05, 3.63) is 18.2 Å². The zero-order valence-corrected chi connectivity index (χ0v) is 18.2. The van der Waals surface area contributed by atoms with Crippen LogP contribution in [0.5, 0.6) is 0 Å². The van der Waals surface area contributed by atoms with Crippen LogP contribution >= 0.6 is 11.8 Å². The number of likely N-dealkylation sites (tertiary alicyclic amines) is 1. The smallest absolute Gasteiger partial charge is 0.257 e. The second-order valence-corrected chi connectivity index (χ2v) is 9.78. The second-order valence-electron chi connectivity index (χ2n) is 6.92. The number of amides is 1. The minimum Gasteiger partial charge on any atom is -0.431 e. The van der Waals surface area contributed by atoms with Gasteiger partial charge in [-0.15, -0.1) is 0 Å². The quantitative estimate of drug-likeness (QED) is 0.633. The van der Waals surface area contributed by atoms with Gasteiger partial charge < -0.3 is 9.32 Å². The third-order valence-electron chi connectivity index (χ3n) is 5.13. The Labute approximate surface area is 170 Å². The number of hydrogen-bond acceptors (Lipinski definition) is 6. The normalized spacial score (nSPS) is 18.1. The first-order valence-electron chi connectivity index (χ1n) is 9.69. The highest BCUT2D eigenvalue weighted by molar-refractivity contribution is 7.99. The maximum atomic E-state index is 12.7. The van der Waals surface area contributed by atoms with E-state index in [0.717, 1.165) is 19.4 Å². The van der Waals surface area contributed by atoms with Gasteiger partial charge in [0.1, 0.15) is 5.52 Å². The van der Waals surface area contributed by atoms with Gasteiger partial charge in [-0.05, 0) is 44.4 Å². The Morgan fingerprint density at radius 1 is 1.32 bits per heavy atom.